The Morgan fingerprint density at radius 3 is 2.38 bits per heavy atom. The minimum Gasteiger partial charge on any atom is -0.316 e. The molecule has 2 heteroatoms. The average molecular weight is 185 g/mol. The molecule has 0 aromatic carbocycles. The van der Waals surface area contributed by atoms with Crippen LogP contribution >= 0.6 is 0 Å². The quantitative estimate of drug-likeness (QED) is 0.418. The summed E-state index contributed by atoms with van der Waals surface area (Å²) in [6.45, 7) is 4.15. The van der Waals surface area contributed by atoms with E-state index in [1.54, 1.807) is 0 Å². The number of nitrogens with one attached hydrogen (secondary N) is 1. The summed E-state index contributed by atoms with van der Waals surface area (Å²) in [6.07, 6.45) is 9.63. The van der Waals surface area contributed by atoms with Crippen molar-refractivity contribution >= 4 is 6.29 Å². The third-order valence-electron chi connectivity index (χ3n) is 2.15. The van der Waals surface area contributed by atoms with Crippen molar-refractivity contribution in [2.45, 2.75) is 51.9 Å². The summed E-state index contributed by atoms with van der Waals surface area (Å²) < 4.78 is 0. The van der Waals surface area contributed by atoms with Gasteiger partial charge in [-0.25, -0.2) is 0 Å². The molecule has 0 aliphatic heterocycles. The molecule has 0 spiro atoms. The fraction of sp³-hybridized carbons (Fsp3) is 0.909. The maximum absolute atomic E-state index is 9.97. The number of carbonyl (C=O) groups is 1. The molecule has 78 valence electrons. The lowest BCUT2D eigenvalue weighted by molar-refractivity contribution is -0.107. The van der Waals surface area contributed by atoms with Gasteiger partial charge in [0, 0.05) is 13.0 Å². The molecule has 0 heterocycles. The molecular formula is C11H23NO. The Morgan fingerprint density at radius 2 is 1.69 bits per heavy atom. The van der Waals surface area contributed by atoms with Gasteiger partial charge in [-0.15, -0.1) is 0 Å². The fourth-order valence-corrected chi connectivity index (χ4v) is 1.32. The van der Waals surface area contributed by atoms with E-state index in [4.69, 9.17) is 0 Å². The summed E-state index contributed by atoms with van der Waals surface area (Å²) >= 11 is 0. The SMILES string of the molecule is CCCCCCCCNCCC=O. The van der Waals surface area contributed by atoms with Crippen molar-refractivity contribution in [3.05, 3.63) is 0 Å². The van der Waals surface area contributed by atoms with Crippen LogP contribution in [-0.2, 0) is 4.79 Å². The monoisotopic (exact) mass is 185 g/mol. The van der Waals surface area contributed by atoms with Gasteiger partial charge < -0.3 is 10.1 Å². The van der Waals surface area contributed by atoms with Crippen LogP contribution in [0.5, 0.6) is 0 Å². The van der Waals surface area contributed by atoms with Gasteiger partial charge in [0.25, 0.3) is 0 Å². The van der Waals surface area contributed by atoms with E-state index >= 15 is 0 Å². The molecule has 0 aliphatic rings. The maximum Gasteiger partial charge on any atom is 0.121 e. The topological polar surface area (TPSA) is 29.1 Å². The predicted octanol–water partition coefficient (Wildman–Crippen LogP) is 2.53. The van der Waals surface area contributed by atoms with Gasteiger partial charge in [0.2, 0.25) is 0 Å². The minimum absolute atomic E-state index is 0.649. The van der Waals surface area contributed by atoms with Crippen LogP contribution in [0.4, 0.5) is 0 Å². The summed E-state index contributed by atoms with van der Waals surface area (Å²) in [5, 5.41) is 3.25. The zero-order chi connectivity index (χ0) is 9.78. The summed E-state index contributed by atoms with van der Waals surface area (Å²) in [5.74, 6) is 0. The predicted molar refractivity (Wildman–Crippen MR) is 56.9 cm³/mol. The van der Waals surface area contributed by atoms with Gasteiger partial charge in [-0.1, -0.05) is 39.0 Å². The van der Waals surface area contributed by atoms with E-state index in [1.165, 1.54) is 38.5 Å². The molecule has 0 fully saturated rings. The highest BCUT2D eigenvalue weighted by Crippen LogP contribution is 2.03. The van der Waals surface area contributed by atoms with Gasteiger partial charge in [-0.3, -0.25) is 0 Å². The first kappa shape index (κ1) is 12.6. The molecular weight excluding hydrogens is 162 g/mol. The van der Waals surface area contributed by atoms with E-state index in [9.17, 15) is 4.79 Å². The van der Waals surface area contributed by atoms with Gasteiger partial charge in [0.15, 0.2) is 0 Å². The van der Waals surface area contributed by atoms with E-state index in [1.807, 2.05) is 0 Å². The first-order chi connectivity index (χ1) is 6.41. The van der Waals surface area contributed by atoms with Crippen LogP contribution in [0.1, 0.15) is 51.9 Å². The second-order valence-electron chi connectivity index (χ2n) is 3.47. The molecule has 0 aliphatic carbocycles. The van der Waals surface area contributed by atoms with E-state index < -0.39 is 0 Å². The van der Waals surface area contributed by atoms with Crippen LogP contribution in [0.3, 0.4) is 0 Å². The largest absolute Gasteiger partial charge is 0.316 e. The molecule has 0 saturated carbocycles. The van der Waals surface area contributed by atoms with E-state index in [0.29, 0.717) is 6.42 Å². The normalized spacial score (nSPS) is 10.2. The van der Waals surface area contributed by atoms with Crippen molar-refractivity contribution in [1.82, 2.24) is 5.32 Å². The fourth-order valence-electron chi connectivity index (χ4n) is 1.32. The molecule has 0 amide bonds. The number of carbonyl (C=O) groups excluding carboxylic acids is 1. The Balaban J connectivity index is 2.79. The highest BCUT2D eigenvalue weighted by atomic mass is 16.1. The maximum atomic E-state index is 9.97. The van der Waals surface area contributed by atoms with Crippen molar-refractivity contribution in [3.8, 4) is 0 Å². The molecule has 0 rings (SSSR count). The lowest BCUT2D eigenvalue weighted by Gasteiger charge is -2.01. The van der Waals surface area contributed by atoms with E-state index in [0.717, 1.165) is 19.4 Å². The van der Waals surface area contributed by atoms with Gasteiger partial charge in [-0.05, 0) is 13.0 Å². The van der Waals surface area contributed by atoms with Gasteiger partial charge in [0.05, 0.1) is 0 Å². The molecule has 0 aromatic heterocycles. The molecule has 0 radical (unpaired) electrons. The highest BCUT2D eigenvalue weighted by Gasteiger charge is 1.89. The van der Waals surface area contributed by atoms with Crippen molar-refractivity contribution < 1.29 is 4.79 Å². The van der Waals surface area contributed by atoms with Crippen molar-refractivity contribution in [2.75, 3.05) is 13.1 Å². The molecule has 0 unspecified atom stereocenters. The summed E-state index contributed by atoms with van der Waals surface area (Å²) in [5.41, 5.74) is 0. The lowest BCUT2D eigenvalue weighted by Crippen LogP contribution is -2.16. The Hall–Kier alpha value is -0.370. The summed E-state index contributed by atoms with van der Waals surface area (Å²) in [6, 6.07) is 0. The zero-order valence-corrected chi connectivity index (χ0v) is 8.85. The Kier molecular flexibility index (Phi) is 11.3. The second kappa shape index (κ2) is 11.6. The van der Waals surface area contributed by atoms with Crippen LogP contribution < -0.4 is 5.32 Å². The summed E-state index contributed by atoms with van der Waals surface area (Å²) in [7, 11) is 0. The molecule has 2 nitrogen and oxygen atoms in total. The van der Waals surface area contributed by atoms with Crippen LogP contribution in [0.2, 0.25) is 0 Å². The number of hydrogen-bond donors (Lipinski definition) is 1. The Bertz CT molecular complexity index is 104. The smallest absolute Gasteiger partial charge is 0.121 e. The number of aldehydes is 1. The molecule has 0 bridgehead atoms. The molecule has 0 saturated heterocycles. The Morgan fingerprint density at radius 1 is 1.00 bits per heavy atom. The molecule has 0 aromatic rings. The van der Waals surface area contributed by atoms with Gasteiger partial charge >= 0.3 is 0 Å². The first-order valence-electron chi connectivity index (χ1n) is 5.56. The summed E-state index contributed by atoms with van der Waals surface area (Å²) in [4.78, 5) is 9.97. The zero-order valence-electron chi connectivity index (χ0n) is 8.85. The molecule has 13 heavy (non-hydrogen) atoms. The molecule has 1 N–H and O–H groups in total. The number of hydrogen-bond acceptors (Lipinski definition) is 2. The third-order valence-corrected chi connectivity index (χ3v) is 2.15. The van der Waals surface area contributed by atoms with E-state index in [-0.39, 0.29) is 0 Å². The average Bonchev–Trinajstić information content (AvgIpc) is 2.16. The second-order valence-corrected chi connectivity index (χ2v) is 3.47. The van der Waals surface area contributed by atoms with E-state index in [2.05, 4.69) is 12.2 Å². The standard InChI is InChI=1S/C11H23NO/c1-2-3-4-5-6-7-9-12-10-8-11-13/h11-12H,2-10H2,1H3. The van der Waals surface area contributed by atoms with Crippen LogP contribution in [0.25, 0.3) is 0 Å². The minimum atomic E-state index is 0.649. The number of rotatable bonds is 10. The first-order valence-corrected chi connectivity index (χ1v) is 5.56. The van der Waals surface area contributed by atoms with Gasteiger partial charge in [0.1, 0.15) is 6.29 Å². The van der Waals surface area contributed by atoms with Crippen LogP contribution in [0.15, 0.2) is 0 Å². The van der Waals surface area contributed by atoms with Crippen molar-refractivity contribution in [1.29, 1.82) is 0 Å². The lowest BCUT2D eigenvalue weighted by atomic mass is 10.1. The highest BCUT2D eigenvalue weighted by molar-refractivity contribution is 5.49. The number of unbranched alkanes of at least 4 members (excludes halogenated alkanes) is 5. The Labute approximate surface area is 82.1 Å². The van der Waals surface area contributed by atoms with Crippen LogP contribution in [-0.4, -0.2) is 19.4 Å². The van der Waals surface area contributed by atoms with Crippen molar-refractivity contribution in [2.24, 2.45) is 0 Å². The van der Waals surface area contributed by atoms with Gasteiger partial charge in [-0.2, -0.15) is 0 Å². The van der Waals surface area contributed by atoms with Crippen molar-refractivity contribution in [3.63, 3.8) is 0 Å². The van der Waals surface area contributed by atoms with Crippen LogP contribution in [0, 0.1) is 0 Å². The third kappa shape index (κ3) is 11.6. The molecule has 0 atom stereocenters.